The molecule has 0 aliphatic heterocycles. The third-order valence-electron chi connectivity index (χ3n) is 0.860. The van der Waals surface area contributed by atoms with Crippen molar-refractivity contribution < 1.29 is 9.84 Å². The summed E-state index contributed by atoms with van der Waals surface area (Å²) in [6, 6.07) is 0. The maximum Gasteiger partial charge on any atom is 0.171 e. The molecule has 0 bridgehead atoms. The van der Waals surface area contributed by atoms with E-state index in [2.05, 4.69) is 4.74 Å². The van der Waals surface area contributed by atoms with E-state index in [-0.39, 0.29) is 0 Å². The summed E-state index contributed by atoms with van der Waals surface area (Å²) in [6.45, 7) is 3.39. The molecule has 0 aromatic rings. The van der Waals surface area contributed by atoms with Crippen LogP contribution in [0.1, 0.15) is 13.8 Å². The van der Waals surface area contributed by atoms with Gasteiger partial charge in [-0.2, -0.15) is 0 Å². The van der Waals surface area contributed by atoms with E-state index in [4.69, 9.17) is 10.8 Å². The zero-order valence-corrected chi connectivity index (χ0v) is 5.51. The Balaban J connectivity index is 3.62. The number of aliphatic hydroxyl groups is 1. The highest BCUT2D eigenvalue weighted by atomic mass is 16.6. The van der Waals surface area contributed by atoms with Crippen molar-refractivity contribution in [2.75, 3.05) is 7.11 Å². The lowest BCUT2D eigenvalue weighted by Gasteiger charge is -2.23. The minimum Gasteiger partial charge on any atom is -0.366 e. The van der Waals surface area contributed by atoms with Gasteiger partial charge >= 0.3 is 0 Å². The molecule has 0 fully saturated rings. The Kier molecular flexibility index (Phi) is 2.40. The van der Waals surface area contributed by atoms with E-state index in [1.165, 1.54) is 7.11 Å². The van der Waals surface area contributed by atoms with Crippen molar-refractivity contribution >= 4 is 0 Å². The molecule has 3 nitrogen and oxygen atoms in total. The monoisotopic (exact) mass is 119 g/mol. The summed E-state index contributed by atoms with van der Waals surface area (Å²) < 4.78 is 4.55. The summed E-state index contributed by atoms with van der Waals surface area (Å²) in [4.78, 5) is 0. The second-order valence-corrected chi connectivity index (χ2v) is 2.41. The van der Waals surface area contributed by atoms with Crippen LogP contribution >= 0.6 is 0 Å². The third kappa shape index (κ3) is 2.26. The van der Waals surface area contributed by atoms with E-state index in [1.54, 1.807) is 13.8 Å². The molecule has 0 heterocycles. The maximum atomic E-state index is 8.85. The lowest BCUT2D eigenvalue weighted by molar-refractivity contribution is -0.113. The molecule has 50 valence electrons. The number of nitrogens with two attached hydrogens (primary N) is 1. The fourth-order valence-corrected chi connectivity index (χ4v) is 0.304. The maximum absolute atomic E-state index is 8.85. The van der Waals surface area contributed by atoms with E-state index in [0.29, 0.717) is 0 Å². The largest absolute Gasteiger partial charge is 0.366 e. The van der Waals surface area contributed by atoms with Gasteiger partial charge in [-0.3, -0.25) is 0 Å². The molecule has 3 N–H and O–H groups in total. The van der Waals surface area contributed by atoms with Crippen LogP contribution in [0.25, 0.3) is 0 Å². The van der Waals surface area contributed by atoms with Crippen LogP contribution in [0.15, 0.2) is 0 Å². The van der Waals surface area contributed by atoms with E-state index >= 15 is 0 Å². The van der Waals surface area contributed by atoms with Gasteiger partial charge in [-0.25, -0.2) is 0 Å². The van der Waals surface area contributed by atoms with Gasteiger partial charge in [-0.1, -0.05) is 0 Å². The van der Waals surface area contributed by atoms with Crippen LogP contribution in [0.2, 0.25) is 0 Å². The van der Waals surface area contributed by atoms with Crippen LogP contribution < -0.4 is 5.73 Å². The van der Waals surface area contributed by atoms with Gasteiger partial charge < -0.3 is 15.6 Å². The molecule has 0 amide bonds. The van der Waals surface area contributed by atoms with Crippen molar-refractivity contribution in [3.63, 3.8) is 0 Å². The van der Waals surface area contributed by atoms with Crippen molar-refractivity contribution in [2.45, 2.75) is 25.7 Å². The molecule has 1 atom stereocenters. The predicted molar refractivity (Wildman–Crippen MR) is 31.3 cm³/mol. The van der Waals surface area contributed by atoms with Crippen LogP contribution in [-0.4, -0.2) is 24.0 Å². The van der Waals surface area contributed by atoms with Crippen LogP contribution in [0.4, 0.5) is 0 Å². The summed E-state index contributed by atoms with van der Waals surface area (Å²) in [5, 5.41) is 8.85. The smallest absolute Gasteiger partial charge is 0.171 e. The second kappa shape index (κ2) is 2.44. The van der Waals surface area contributed by atoms with Gasteiger partial charge in [0.1, 0.15) is 0 Å². The molecule has 0 aromatic carbocycles. The van der Waals surface area contributed by atoms with Gasteiger partial charge in [-0.05, 0) is 13.8 Å². The summed E-state index contributed by atoms with van der Waals surface area (Å²) in [5.41, 5.74) is 4.76. The van der Waals surface area contributed by atoms with Crippen LogP contribution in [-0.2, 0) is 4.74 Å². The van der Waals surface area contributed by atoms with Crippen molar-refractivity contribution in [3.8, 4) is 0 Å². The third-order valence-corrected chi connectivity index (χ3v) is 0.860. The van der Waals surface area contributed by atoms with Gasteiger partial charge in [0.2, 0.25) is 0 Å². The normalized spacial score (nSPS) is 16.1. The molecule has 3 heteroatoms. The van der Waals surface area contributed by atoms with Gasteiger partial charge in [0, 0.05) is 7.11 Å². The first kappa shape index (κ1) is 7.88. The molecular weight excluding hydrogens is 106 g/mol. The number of hydrogen-bond acceptors (Lipinski definition) is 3. The van der Waals surface area contributed by atoms with E-state index < -0.39 is 11.8 Å². The Morgan fingerprint density at radius 2 is 2.00 bits per heavy atom. The molecule has 1 unspecified atom stereocenters. The topological polar surface area (TPSA) is 55.5 Å². The van der Waals surface area contributed by atoms with Crippen LogP contribution in [0.3, 0.4) is 0 Å². The first-order chi connectivity index (χ1) is 3.48. The molecule has 0 saturated carbocycles. The van der Waals surface area contributed by atoms with Gasteiger partial charge in [-0.15, -0.1) is 0 Å². The average molecular weight is 119 g/mol. The van der Waals surface area contributed by atoms with Gasteiger partial charge in [0.15, 0.2) is 6.29 Å². The molecule has 0 aromatic heterocycles. The highest BCUT2D eigenvalue weighted by Gasteiger charge is 2.21. The van der Waals surface area contributed by atoms with E-state index in [0.717, 1.165) is 0 Å². The molecule has 0 radical (unpaired) electrons. The Hall–Kier alpha value is -0.120. The lowest BCUT2D eigenvalue weighted by Crippen LogP contribution is -2.45. The number of hydrogen-bond donors (Lipinski definition) is 2. The fourth-order valence-electron chi connectivity index (χ4n) is 0.304. The minimum atomic E-state index is -0.873. The lowest BCUT2D eigenvalue weighted by atomic mass is 10.1. The number of aliphatic hydroxyl groups excluding tert-OH is 1. The zero-order chi connectivity index (χ0) is 6.78. The number of rotatable bonds is 2. The average Bonchev–Trinajstić information content (AvgIpc) is 1.62. The summed E-state index contributed by atoms with van der Waals surface area (Å²) in [7, 11) is 1.42. The van der Waals surface area contributed by atoms with Gasteiger partial charge in [0.25, 0.3) is 0 Å². The predicted octanol–water partition coefficient (Wildman–Crippen LogP) is -0.312. The van der Waals surface area contributed by atoms with E-state index in [9.17, 15) is 0 Å². The zero-order valence-electron chi connectivity index (χ0n) is 5.51. The Labute approximate surface area is 49.4 Å². The summed E-state index contributed by atoms with van der Waals surface area (Å²) in [6.07, 6.45) is -0.873. The number of ether oxygens (including phenoxy) is 1. The molecule has 0 saturated heterocycles. The van der Waals surface area contributed by atoms with Crippen LogP contribution in [0.5, 0.6) is 0 Å². The standard InChI is InChI=1S/C5H13NO2/c1-5(2,6)4(7)8-3/h4,7H,6H2,1-3H3. The highest BCUT2D eigenvalue weighted by molar-refractivity contribution is 4.74. The van der Waals surface area contributed by atoms with Gasteiger partial charge in [0.05, 0.1) is 5.54 Å². The first-order valence-electron chi connectivity index (χ1n) is 2.48. The molecule has 8 heavy (non-hydrogen) atoms. The van der Waals surface area contributed by atoms with Crippen molar-refractivity contribution in [3.05, 3.63) is 0 Å². The van der Waals surface area contributed by atoms with Crippen LogP contribution in [0, 0.1) is 0 Å². The molecule has 0 rings (SSSR count). The molecule has 0 aliphatic rings. The highest BCUT2D eigenvalue weighted by Crippen LogP contribution is 2.03. The van der Waals surface area contributed by atoms with Crippen molar-refractivity contribution in [1.29, 1.82) is 0 Å². The number of methoxy groups -OCH3 is 1. The molecular formula is C5H13NO2. The molecule has 0 aliphatic carbocycles. The van der Waals surface area contributed by atoms with E-state index in [1.807, 2.05) is 0 Å². The second-order valence-electron chi connectivity index (χ2n) is 2.41. The fraction of sp³-hybridized carbons (Fsp3) is 1.00. The minimum absolute atomic E-state index is 0.658. The quantitative estimate of drug-likeness (QED) is 0.490. The van der Waals surface area contributed by atoms with Crippen molar-refractivity contribution in [1.82, 2.24) is 0 Å². The van der Waals surface area contributed by atoms with Crippen molar-refractivity contribution in [2.24, 2.45) is 5.73 Å². The first-order valence-corrected chi connectivity index (χ1v) is 2.48. The SMILES string of the molecule is COC(O)C(C)(C)N. The Morgan fingerprint density at radius 3 is 2.00 bits per heavy atom. The molecule has 0 spiro atoms. The summed E-state index contributed by atoms with van der Waals surface area (Å²) >= 11 is 0. The Morgan fingerprint density at radius 1 is 1.62 bits per heavy atom. The Bertz CT molecular complexity index is 67.3. The summed E-state index contributed by atoms with van der Waals surface area (Å²) in [5.74, 6) is 0.